The molecule has 0 unspecified atom stereocenters. The minimum absolute atomic E-state index is 0.0692. The van der Waals surface area contributed by atoms with E-state index in [0.29, 0.717) is 0 Å². The van der Waals surface area contributed by atoms with Crippen molar-refractivity contribution in [2.45, 2.75) is 69.2 Å². The second-order valence-electron chi connectivity index (χ2n) is 11.0. The number of imidazole rings is 1. The summed E-state index contributed by atoms with van der Waals surface area (Å²) in [6, 6.07) is 4.12. The average Bonchev–Trinajstić information content (AvgIpc) is 3.38. The maximum absolute atomic E-state index is 13.7. The van der Waals surface area contributed by atoms with Gasteiger partial charge in [-0.15, -0.1) is 0 Å². The number of benzene rings is 1. The van der Waals surface area contributed by atoms with Gasteiger partial charge in [-0.2, -0.15) is 8.42 Å². The molecule has 1 aliphatic carbocycles. The van der Waals surface area contributed by atoms with E-state index in [-0.39, 0.29) is 65.6 Å². The molecule has 40 heavy (non-hydrogen) atoms. The number of nitrogens with one attached hydrogen (secondary N) is 2. The number of aliphatic hydroxyl groups is 1. The quantitative estimate of drug-likeness (QED) is 0.437. The van der Waals surface area contributed by atoms with Crippen LogP contribution in [0.15, 0.2) is 35.7 Å². The van der Waals surface area contributed by atoms with E-state index < -0.39 is 22.2 Å². The van der Waals surface area contributed by atoms with Gasteiger partial charge in [-0.05, 0) is 31.9 Å². The van der Waals surface area contributed by atoms with Gasteiger partial charge in [0.15, 0.2) is 10.8 Å². The van der Waals surface area contributed by atoms with Gasteiger partial charge >= 0.3 is 6.03 Å². The number of nitrogens with zero attached hydrogens (tertiary/aromatic N) is 4. The Labute approximate surface area is 235 Å². The van der Waals surface area contributed by atoms with E-state index in [2.05, 4.69) is 15.0 Å². The Morgan fingerprint density at radius 2 is 2.00 bits per heavy atom. The van der Waals surface area contributed by atoms with Crippen LogP contribution in [0.4, 0.5) is 10.5 Å². The smallest absolute Gasteiger partial charge is 0.317 e. The number of fused-ring (bicyclic) bond motifs is 1. The van der Waals surface area contributed by atoms with Crippen LogP contribution in [0.2, 0.25) is 0 Å². The fraction of sp³-hybridized carbons (Fsp3) is 0.593. The van der Waals surface area contributed by atoms with Crippen LogP contribution in [0.3, 0.4) is 0 Å². The molecule has 1 saturated carbocycles. The third-order valence-corrected chi connectivity index (χ3v) is 8.88. The molecule has 13 heteroatoms. The first-order valence-corrected chi connectivity index (χ1v) is 15.2. The molecule has 1 aliphatic heterocycles. The number of hydrogen-bond donors (Lipinski definition) is 3. The monoisotopic (exact) mass is 576 g/mol. The van der Waals surface area contributed by atoms with E-state index >= 15 is 0 Å². The van der Waals surface area contributed by atoms with Gasteiger partial charge in [0.05, 0.1) is 36.8 Å². The van der Waals surface area contributed by atoms with Crippen LogP contribution in [0.25, 0.3) is 0 Å². The Bertz CT molecular complexity index is 1310. The van der Waals surface area contributed by atoms with E-state index in [4.69, 9.17) is 4.74 Å². The summed E-state index contributed by atoms with van der Waals surface area (Å²) in [6.07, 6.45) is 7.46. The lowest BCUT2D eigenvalue weighted by Crippen LogP contribution is -2.52. The van der Waals surface area contributed by atoms with Crippen LogP contribution < -0.4 is 14.8 Å². The van der Waals surface area contributed by atoms with E-state index in [1.807, 2.05) is 6.92 Å². The van der Waals surface area contributed by atoms with Crippen molar-refractivity contribution in [2.75, 3.05) is 31.5 Å². The number of ether oxygens (including phenoxy) is 1. The minimum atomic E-state index is -4.08. The molecule has 2 heterocycles. The van der Waals surface area contributed by atoms with Crippen LogP contribution in [-0.2, 0) is 17.1 Å². The molecule has 3 atom stereocenters. The number of anilines is 1. The lowest BCUT2D eigenvalue weighted by molar-refractivity contribution is 0.0368. The topological polar surface area (TPSA) is 146 Å². The highest BCUT2D eigenvalue weighted by molar-refractivity contribution is 7.92. The maximum Gasteiger partial charge on any atom is 0.317 e. The number of urea groups is 1. The summed E-state index contributed by atoms with van der Waals surface area (Å²) in [5.74, 6) is -0.569. The first kappa shape index (κ1) is 29.7. The Morgan fingerprint density at radius 3 is 2.65 bits per heavy atom. The highest BCUT2D eigenvalue weighted by atomic mass is 32.2. The van der Waals surface area contributed by atoms with Crippen molar-refractivity contribution in [1.82, 2.24) is 24.7 Å². The van der Waals surface area contributed by atoms with Crippen molar-refractivity contribution in [2.24, 2.45) is 13.0 Å². The van der Waals surface area contributed by atoms with Crippen molar-refractivity contribution in [3.63, 3.8) is 0 Å². The Morgan fingerprint density at radius 1 is 1.27 bits per heavy atom. The van der Waals surface area contributed by atoms with Crippen LogP contribution in [0.1, 0.15) is 56.3 Å². The van der Waals surface area contributed by atoms with E-state index in [9.17, 15) is 23.1 Å². The number of carbonyl (C=O) groups excluding carboxylic acids is 2. The van der Waals surface area contributed by atoms with Crippen LogP contribution in [0.5, 0.6) is 5.75 Å². The summed E-state index contributed by atoms with van der Waals surface area (Å²) >= 11 is 0. The lowest BCUT2D eigenvalue weighted by atomic mass is 9.96. The second kappa shape index (κ2) is 12.5. The summed E-state index contributed by atoms with van der Waals surface area (Å²) < 4.78 is 36.7. The molecular weight excluding hydrogens is 536 g/mol. The molecule has 0 saturated heterocycles. The number of para-hydroxylation sites is 1. The Hall–Kier alpha value is -3.32. The molecule has 12 nitrogen and oxygen atoms in total. The third-order valence-electron chi connectivity index (χ3n) is 7.63. The van der Waals surface area contributed by atoms with E-state index in [1.165, 1.54) is 29.6 Å². The molecule has 0 radical (unpaired) electrons. The molecule has 0 bridgehead atoms. The highest BCUT2D eigenvalue weighted by Gasteiger charge is 2.36. The number of amides is 3. The Kier molecular flexibility index (Phi) is 9.24. The van der Waals surface area contributed by atoms with Crippen LogP contribution >= 0.6 is 0 Å². The minimum Gasteiger partial charge on any atom is -0.485 e. The van der Waals surface area contributed by atoms with Crippen molar-refractivity contribution in [1.29, 1.82) is 0 Å². The molecule has 4 rings (SSSR count). The second-order valence-corrected chi connectivity index (χ2v) is 12.6. The third kappa shape index (κ3) is 6.69. The number of aliphatic hydroxyl groups excluding tert-OH is 1. The van der Waals surface area contributed by atoms with Crippen molar-refractivity contribution < 1.29 is 27.9 Å². The number of carbonyl (C=O) groups is 2. The summed E-state index contributed by atoms with van der Waals surface area (Å²) in [5, 5.41) is 12.8. The van der Waals surface area contributed by atoms with Crippen molar-refractivity contribution in [3.8, 4) is 5.75 Å². The lowest BCUT2D eigenvalue weighted by Gasteiger charge is -2.38. The standard InChI is InChI=1S/C27H40N6O6S/c1-18-13-33(19(2)16-34)26(35)21-11-8-12-22(30-40(37,38)24-15-31(3)17-28-24)25(21)39-23(18)14-32(4)27(36)29-20-9-6-5-7-10-20/h8,11-12,15,17-20,23,30,34H,5-7,9-10,13-14,16H2,1-4H3,(H,29,36)/t18-,19-,23+/m0/s1. The highest BCUT2D eigenvalue weighted by Crippen LogP contribution is 2.36. The van der Waals surface area contributed by atoms with Gasteiger partial charge in [-0.1, -0.05) is 32.3 Å². The van der Waals surface area contributed by atoms with Gasteiger partial charge in [0.25, 0.3) is 15.9 Å². The zero-order valence-corrected chi connectivity index (χ0v) is 24.4. The summed E-state index contributed by atoms with van der Waals surface area (Å²) in [7, 11) is -0.725. The summed E-state index contributed by atoms with van der Waals surface area (Å²) in [6.45, 7) is 3.91. The largest absolute Gasteiger partial charge is 0.485 e. The molecule has 0 spiro atoms. The molecule has 3 amide bonds. The average molecular weight is 577 g/mol. The molecule has 3 N–H and O–H groups in total. The molecular formula is C27H40N6O6S. The first-order chi connectivity index (χ1) is 19.0. The summed E-state index contributed by atoms with van der Waals surface area (Å²) in [5.41, 5.74) is 0.245. The first-order valence-electron chi connectivity index (χ1n) is 13.7. The molecule has 1 fully saturated rings. The van der Waals surface area contributed by atoms with Gasteiger partial charge < -0.3 is 29.5 Å². The normalized spacial score (nSPS) is 21.0. The Balaban J connectivity index is 1.66. The number of likely N-dealkylation sites (N-methyl/N-ethyl adjacent to an activating group) is 1. The fourth-order valence-corrected chi connectivity index (χ4v) is 6.20. The number of aromatic nitrogens is 2. The molecule has 2 aromatic rings. The molecule has 1 aromatic carbocycles. The molecule has 220 valence electrons. The predicted molar refractivity (Wildman–Crippen MR) is 150 cm³/mol. The summed E-state index contributed by atoms with van der Waals surface area (Å²) in [4.78, 5) is 33.8. The van der Waals surface area contributed by atoms with Gasteiger partial charge in [0.2, 0.25) is 0 Å². The predicted octanol–water partition coefficient (Wildman–Crippen LogP) is 2.42. The number of aryl methyl sites for hydroxylation is 1. The number of rotatable bonds is 8. The van der Waals surface area contributed by atoms with Gasteiger partial charge in [-0.3, -0.25) is 9.52 Å². The fourth-order valence-electron chi connectivity index (χ4n) is 5.15. The SMILES string of the molecule is C[C@H]1CN([C@@H](C)CO)C(=O)c2cccc(NS(=O)(=O)c3cn(C)cn3)c2O[C@@H]1CN(C)C(=O)NC1CCCCC1. The van der Waals surface area contributed by atoms with Crippen molar-refractivity contribution in [3.05, 3.63) is 36.3 Å². The van der Waals surface area contributed by atoms with Gasteiger partial charge in [-0.25, -0.2) is 9.78 Å². The van der Waals surface area contributed by atoms with Crippen molar-refractivity contribution >= 4 is 27.6 Å². The zero-order valence-electron chi connectivity index (χ0n) is 23.5. The number of hydrogen-bond acceptors (Lipinski definition) is 7. The van der Waals surface area contributed by atoms with E-state index in [0.717, 1.165) is 25.7 Å². The molecule has 2 aliphatic rings. The molecule has 1 aromatic heterocycles. The zero-order chi connectivity index (χ0) is 29.0. The number of sulfonamides is 1. The van der Waals surface area contributed by atoms with Gasteiger partial charge in [0, 0.05) is 38.8 Å². The van der Waals surface area contributed by atoms with Crippen LogP contribution in [-0.4, -0.2) is 89.7 Å². The van der Waals surface area contributed by atoms with E-state index in [1.54, 1.807) is 43.0 Å². The van der Waals surface area contributed by atoms with Crippen LogP contribution in [0, 0.1) is 5.92 Å². The van der Waals surface area contributed by atoms with Gasteiger partial charge in [0.1, 0.15) is 6.10 Å². The maximum atomic E-state index is 13.7.